The third-order valence-electron chi connectivity index (χ3n) is 5.53. The Morgan fingerprint density at radius 1 is 1.13 bits per heavy atom. The van der Waals surface area contributed by atoms with Crippen LogP contribution in [0.25, 0.3) is 0 Å². The van der Waals surface area contributed by atoms with E-state index in [2.05, 4.69) is 5.32 Å². The highest BCUT2D eigenvalue weighted by atomic mass is 32.2. The summed E-state index contributed by atoms with van der Waals surface area (Å²) in [6.07, 6.45) is 4.89. The van der Waals surface area contributed by atoms with Gasteiger partial charge in [0, 0.05) is 24.7 Å². The van der Waals surface area contributed by atoms with Crippen LogP contribution < -0.4 is 10.1 Å². The Hall–Kier alpha value is -2.98. The molecule has 0 bridgehead atoms. The molecule has 3 rings (SSSR count). The van der Waals surface area contributed by atoms with Gasteiger partial charge in [0.15, 0.2) is 0 Å². The van der Waals surface area contributed by atoms with Gasteiger partial charge in [-0.2, -0.15) is 4.31 Å². The molecule has 9 nitrogen and oxygen atoms in total. The summed E-state index contributed by atoms with van der Waals surface area (Å²) in [5, 5.41) is 13.5. The lowest BCUT2D eigenvalue weighted by molar-refractivity contribution is -0.384. The van der Waals surface area contributed by atoms with E-state index in [1.165, 1.54) is 53.9 Å². The third kappa shape index (κ3) is 5.02. The second-order valence-corrected chi connectivity index (χ2v) is 9.43. The molecule has 166 valence electrons. The number of ether oxygens (including phenoxy) is 1. The molecule has 1 saturated carbocycles. The molecule has 0 saturated heterocycles. The molecular weight excluding hydrogens is 422 g/mol. The number of hydrogen-bond donors (Lipinski definition) is 1. The van der Waals surface area contributed by atoms with Crippen LogP contribution in [0.4, 0.5) is 11.4 Å². The molecule has 2 aromatic carbocycles. The Morgan fingerprint density at radius 2 is 1.77 bits per heavy atom. The fourth-order valence-electron chi connectivity index (χ4n) is 3.68. The summed E-state index contributed by atoms with van der Waals surface area (Å²) in [5.41, 5.74) is 0.359. The molecule has 0 unspecified atom stereocenters. The van der Waals surface area contributed by atoms with Crippen molar-refractivity contribution in [3.63, 3.8) is 0 Å². The molecule has 0 atom stereocenters. The molecule has 0 aromatic heterocycles. The second-order valence-electron chi connectivity index (χ2n) is 7.43. The van der Waals surface area contributed by atoms with E-state index in [4.69, 9.17) is 4.74 Å². The number of nitro benzene ring substituents is 1. The van der Waals surface area contributed by atoms with Gasteiger partial charge in [-0.3, -0.25) is 14.9 Å². The SMILES string of the molecule is COc1cc([N+](=O)[O-])ccc1NC(=O)c1ccc(S(=O)(=O)N(C)C2CCCCC2)cc1. The van der Waals surface area contributed by atoms with Crippen LogP contribution >= 0.6 is 0 Å². The Morgan fingerprint density at radius 3 is 2.35 bits per heavy atom. The van der Waals surface area contributed by atoms with E-state index in [1.54, 1.807) is 7.05 Å². The van der Waals surface area contributed by atoms with E-state index in [-0.39, 0.29) is 33.6 Å². The normalized spacial score (nSPS) is 14.9. The van der Waals surface area contributed by atoms with Gasteiger partial charge in [0.25, 0.3) is 11.6 Å². The number of nitrogens with zero attached hydrogens (tertiary/aromatic N) is 2. The van der Waals surface area contributed by atoms with E-state index in [1.807, 2.05) is 0 Å². The highest BCUT2D eigenvalue weighted by Gasteiger charge is 2.29. The van der Waals surface area contributed by atoms with Crippen LogP contribution in [-0.2, 0) is 10.0 Å². The first-order valence-electron chi connectivity index (χ1n) is 9.96. The summed E-state index contributed by atoms with van der Waals surface area (Å²) in [5.74, 6) is -0.340. The summed E-state index contributed by atoms with van der Waals surface area (Å²) in [4.78, 5) is 23.1. The number of non-ortho nitro benzene ring substituents is 1. The van der Waals surface area contributed by atoms with Crippen molar-refractivity contribution in [2.24, 2.45) is 0 Å². The Bertz CT molecular complexity index is 1060. The zero-order chi connectivity index (χ0) is 22.6. The Labute approximate surface area is 181 Å². The molecule has 0 spiro atoms. The molecule has 1 aliphatic rings. The average Bonchev–Trinajstić information content (AvgIpc) is 2.79. The highest BCUT2D eigenvalue weighted by molar-refractivity contribution is 7.89. The van der Waals surface area contributed by atoms with Crippen LogP contribution in [0.5, 0.6) is 5.75 Å². The zero-order valence-electron chi connectivity index (χ0n) is 17.4. The monoisotopic (exact) mass is 447 g/mol. The van der Waals surface area contributed by atoms with Gasteiger partial charge in [-0.15, -0.1) is 0 Å². The molecule has 1 N–H and O–H groups in total. The predicted molar refractivity (Wildman–Crippen MR) is 116 cm³/mol. The maximum Gasteiger partial charge on any atom is 0.273 e. The van der Waals surface area contributed by atoms with Gasteiger partial charge in [0.2, 0.25) is 10.0 Å². The average molecular weight is 448 g/mol. The van der Waals surface area contributed by atoms with Crippen LogP contribution in [0.2, 0.25) is 0 Å². The van der Waals surface area contributed by atoms with Crippen molar-refractivity contribution in [1.82, 2.24) is 4.31 Å². The van der Waals surface area contributed by atoms with Crippen molar-refractivity contribution in [3.8, 4) is 5.75 Å². The minimum Gasteiger partial charge on any atom is -0.494 e. The van der Waals surface area contributed by atoms with Crippen LogP contribution in [0.3, 0.4) is 0 Å². The van der Waals surface area contributed by atoms with Crippen molar-refractivity contribution in [3.05, 3.63) is 58.1 Å². The van der Waals surface area contributed by atoms with Gasteiger partial charge in [0.05, 0.1) is 28.7 Å². The van der Waals surface area contributed by atoms with Gasteiger partial charge in [-0.1, -0.05) is 19.3 Å². The van der Waals surface area contributed by atoms with Gasteiger partial charge < -0.3 is 10.1 Å². The molecule has 0 heterocycles. The number of nitro groups is 1. The fourth-order valence-corrected chi connectivity index (χ4v) is 5.09. The number of rotatable bonds is 7. The second kappa shape index (κ2) is 9.44. The van der Waals surface area contributed by atoms with Gasteiger partial charge in [-0.25, -0.2) is 8.42 Å². The van der Waals surface area contributed by atoms with E-state index in [9.17, 15) is 23.3 Å². The number of carbonyl (C=O) groups excluding carboxylic acids is 1. The quantitative estimate of drug-likeness (QED) is 0.509. The van der Waals surface area contributed by atoms with Gasteiger partial charge >= 0.3 is 0 Å². The summed E-state index contributed by atoms with van der Waals surface area (Å²) < 4.78 is 32.4. The number of benzene rings is 2. The van der Waals surface area contributed by atoms with Gasteiger partial charge in [0.1, 0.15) is 5.75 Å². The molecule has 10 heteroatoms. The zero-order valence-corrected chi connectivity index (χ0v) is 18.2. The molecule has 1 amide bonds. The minimum atomic E-state index is -3.65. The van der Waals surface area contributed by atoms with E-state index in [0.717, 1.165) is 32.1 Å². The summed E-state index contributed by atoms with van der Waals surface area (Å²) in [7, 11) is -0.697. The topological polar surface area (TPSA) is 119 Å². The molecular formula is C21H25N3O6S. The standard InChI is InChI=1S/C21H25N3O6S/c1-23(16-6-4-3-5-7-16)31(28,29)18-11-8-15(9-12-18)21(25)22-19-13-10-17(24(26)27)14-20(19)30-2/h8-14,16H,3-7H2,1-2H3,(H,22,25). The minimum absolute atomic E-state index is 0.00340. The molecule has 1 fully saturated rings. The summed E-state index contributed by atoms with van der Waals surface area (Å²) in [6.45, 7) is 0. The van der Waals surface area contributed by atoms with Crippen molar-refractivity contribution < 1.29 is 22.9 Å². The first-order chi connectivity index (χ1) is 14.7. The third-order valence-corrected chi connectivity index (χ3v) is 7.45. The maximum atomic E-state index is 12.9. The largest absolute Gasteiger partial charge is 0.494 e. The highest BCUT2D eigenvalue weighted by Crippen LogP contribution is 2.30. The van der Waals surface area contributed by atoms with E-state index < -0.39 is 20.9 Å². The molecule has 0 radical (unpaired) electrons. The number of carbonyl (C=O) groups is 1. The first-order valence-corrected chi connectivity index (χ1v) is 11.4. The summed E-state index contributed by atoms with van der Waals surface area (Å²) >= 11 is 0. The number of methoxy groups -OCH3 is 1. The number of hydrogen-bond acceptors (Lipinski definition) is 6. The first kappa shape index (κ1) is 22.7. The van der Waals surface area contributed by atoms with Crippen LogP contribution in [-0.4, -0.2) is 43.8 Å². The summed E-state index contributed by atoms with van der Waals surface area (Å²) in [6, 6.07) is 9.56. The lowest BCUT2D eigenvalue weighted by Crippen LogP contribution is -2.38. The number of amides is 1. The van der Waals surface area contributed by atoms with Gasteiger partial charge in [-0.05, 0) is 43.2 Å². The molecule has 2 aromatic rings. The number of nitrogens with one attached hydrogen (secondary N) is 1. The van der Waals surface area contributed by atoms with Crippen LogP contribution in [0.1, 0.15) is 42.5 Å². The van der Waals surface area contributed by atoms with E-state index in [0.29, 0.717) is 0 Å². The van der Waals surface area contributed by atoms with Crippen molar-refractivity contribution in [2.45, 2.75) is 43.0 Å². The van der Waals surface area contributed by atoms with Crippen LogP contribution in [0.15, 0.2) is 47.4 Å². The Balaban J connectivity index is 1.75. The lowest BCUT2D eigenvalue weighted by atomic mass is 9.96. The smallest absolute Gasteiger partial charge is 0.273 e. The molecule has 0 aliphatic heterocycles. The predicted octanol–water partition coefficient (Wildman–Crippen LogP) is 3.81. The molecule has 1 aliphatic carbocycles. The number of sulfonamides is 1. The molecule has 31 heavy (non-hydrogen) atoms. The lowest BCUT2D eigenvalue weighted by Gasteiger charge is -2.30. The Kier molecular flexibility index (Phi) is 6.91. The fraction of sp³-hybridized carbons (Fsp3) is 0.381. The van der Waals surface area contributed by atoms with Crippen LogP contribution in [0, 0.1) is 10.1 Å². The van der Waals surface area contributed by atoms with Crippen molar-refractivity contribution >= 4 is 27.3 Å². The van der Waals surface area contributed by atoms with E-state index >= 15 is 0 Å². The van der Waals surface area contributed by atoms with Crippen molar-refractivity contribution in [1.29, 1.82) is 0 Å². The van der Waals surface area contributed by atoms with Crippen molar-refractivity contribution in [2.75, 3.05) is 19.5 Å². The number of anilines is 1. The maximum absolute atomic E-state index is 12.9.